The Kier molecular flexibility index (Phi) is 6.38. The molecule has 7 nitrogen and oxygen atoms in total. The van der Waals surface area contributed by atoms with Gasteiger partial charge >= 0.3 is 0 Å². The molecular weight excluding hydrogens is 408 g/mol. The summed E-state index contributed by atoms with van der Waals surface area (Å²) < 4.78 is 0. The van der Waals surface area contributed by atoms with Gasteiger partial charge in [-0.25, -0.2) is 0 Å². The second-order valence-corrected chi connectivity index (χ2v) is 9.95. The Morgan fingerprint density at radius 1 is 1.19 bits per heavy atom. The van der Waals surface area contributed by atoms with E-state index in [0.717, 1.165) is 47.9 Å². The summed E-state index contributed by atoms with van der Waals surface area (Å²) in [7, 11) is 0. The molecule has 0 unspecified atom stereocenters. The van der Waals surface area contributed by atoms with E-state index >= 15 is 0 Å². The van der Waals surface area contributed by atoms with Crippen molar-refractivity contribution in [1.82, 2.24) is 25.1 Å². The molecule has 0 radical (unpaired) electrons. The van der Waals surface area contributed by atoms with E-state index < -0.39 is 0 Å². The monoisotopic (exact) mass is 436 g/mol. The summed E-state index contributed by atoms with van der Waals surface area (Å²) in [6, 6.07) is 10.0. The number of carbonyl (C=O) groups excluding carboxylic acids is 1. The van der Waals surface area contributed by atoms with Crippen LogP contribution in [0.3, 0.4) is 0 Å². The number of anilines is 1. The fraction of sp³-hybridized carbons (Fsp3) is 0.435. The van der Waals surface area contributed by atoms with Crippen molar-refractivity contribution in [3.63, 3.8) is 0 Å². The highest BCUT2D eigenvalue weighted by atomic mass is 32.1. The van der Waals surface area contributed by atoms with Gasteiger partial charge in [0, 0.05) is 41.5 Å². The average Bonchev–Trinajstić information content (AvgIpc) is 3.24. The second-order valence-electron chi connectivity index (χ2n) is 8.97. The number of rotatable bonds is 5. The molecule has 1 atom stereocenters. The maximum Gasteiger partial charge on any atom is 0.240 e. The predicted octanol–water partition coefficient (Wildman–Crippen LogP) is 4.11. The lowest BCUT2D eigenvalue weighted by atomic mass is 9.94. The molecule has 162 valence electrons. The third-order valence-electron chi connectivity index (χ3n) is 5.35. The first-order valence-corrected chi connectivity index (χ1v) is 11.4. The van der Waals surface area contributed by atoms with Gasteiger partial charge in [0.1, 0.15) is 5.01 Å². The van der Waals surface area contributed by atoms with Gasteiger partial charge in [0.25, 0.3) is 0 Å². The fourth-order valence-electron chi connectivity index (χ4n) is 3.71. The molecule has 31 heavy (non-hydrogen) atoms. The first kappa shape index (κ1) is 21.5. The molecule has 0 spiro atoms. The summed E-state index contributed by atoms with van der Waals surface area (Å²) >= 11 is 1.44. The van der Waals surface area contributed by atoms with Crippen molar-refractivity contribution < 1.29 is 4.79 Å². The van der Waals surface area contributed by atoms with E-state index in [4.69, 9.17) is 4.98 Å². The highest BCUT2D eigenvalue weighted by molar-refractivity contribution is 7.15. The van der Waals surface area contributed by atoms with Crippen LogP contribution in [0.1, 0.15) is 50.2 Å². The Labute approximate surface area is 187 Å². The first-order valence-electron chi connectivity index (χ1n) is 10.6. The van der Waals surface area contributed by atoms with Gasteiger partial charge < -0.3 is 0 Å². The molecule has 1 aliphatic rings. The molecule has 0 aliphatic carbocycles. The highest BCUT2D eigenvalue weighted by Gasteiger charge is 2.25. The number of pyridine rings is 2. The molecule has 0 saturated carbocycles. The maximum atomic E-state index is 12.5. The van der Waals surface area contributed by atoms with Crippen molar-refractivity contribution in [2.24, 2.45) is 0 Å². The van der Waals surface area contributed by atoms with Crippen molar-refractivity contribution in [1.29, 1.82) is 0 Å². The molecular formula is C23H28N6OS. The molecule has 1 aliphatic heterocycles. The number of likely N-dealkylation sites (tertiary alicyclic amines) is 1. The van der Waals surface area contributed by atoms with Gasteiger partial charge in [-0.15, -0.1) is 10.2 Å². The molecule has 1 fully saturated rings. The maximum absolute atomic E-state index is 12.5. The normalized spacial score (nSPS) is 17.5. The fourth-order valence-corrected chi connectivity index (χ4v) is 4.53. The van der Waals surface area contributed by atoms with Crippen LogP contribution in [0.5, 0.6) is 0 Å². The summed E-state index contributed by atoms with van der Waals surface area (Å²) in [6.45, 7) is 8.36. The Morgan fingerprint density at radius 3 is 2.74 bits per heavy atom. The van der Waals surface area contributed by atoms with Crippen LogP contribution in [0.2, 0.25) is 0 Å². The zero-order valence-electron chi connectivity index (χ0n) is 18.2. The Morgan fingerprint density at radius 2 is 2.06 bits per heavy atom. The molecule has 4 heterocycles. The van der Waals surface area contributed by atoms with Crippen LogP contribution >= 0.6 is 11.3 Å². The number of nitrogens with one attached hydrogen (secondary N) is 1. The first-order chi connectivity index (χ1) is 14.9. The van der Waals surface area contributed by atoms with Crippen LogP contribution in [-0.4, -0.2) is 50.6 Å². The Bertz CT molecular complexity index is 1010. The van der Waals surface area contributed by atoms with Crippen molar-refractivity contribution in [3.05, 3.63) is 53.4 Å². The van der Waals surface area contributed by atoms with E-state index in [1.165, 1.54) is 11.3 Å². The number of nitrogens with zero attached hydrogens (tertiary/aromatic N) is 5. The van der Waals surface area contributed by atoms with Crippen molar-refractivity contribution in [2.75, 3.05) is 25.0 Å². The van der Waals surface area contributed by atoms with E-state index in [-0.39, 0.29) is 11.3 Å². The number of carbonyl (C=O) groups is 1. The van der Waals surface area contributed by atoms with Crippen LogP contribution < -0.4 is 5.32 Å². The minimum absolute atomic E-state index is 0.0456. The summed E-state index contributed by atoms with van der Waals surface area (Å²) in [6.07, 6.45) is 5.82. The lowest BCUT2D eigenvalue weighted by molar-refractivity contribution is -0.117. The lowest BCUT2D eigenvalue weighted by Gasteiger charge is -2.31. The molecule has 4 rings (SSSR count). The second kappa shape index (κ2) is 9.20. The van der Waals surface area contributed by atoms with Gasteiger partial charge in [-0.05, 0) is 43.7 Å². The van der Waals surface area contributed by atoms with E-state index in [1.807, 2.05) is 24.4 Å². The van der Waals surface area contributed by atoms with Crippen molar-refractivity contribution in [2.45, 2.75) is 44.9 Å². The van der Waals surface area contributed by atoms with Crippen LogP contribution in [0.15, 0.2) is 42.7 Å². The SMILES string of the molecule is CC(C)(C)c1nnc(NC(=O)CN2CCC[C@@H](c3ccc(-c4ccccn4)cn3)C2)s1. The third kappa shape index (κ3) is 5.51. The summed E-state index contributed by atoms with van der Waals surface area (Å²) in [5.41, 5.74) is 2.95. The minimum Gasteiger partial charge on any atom is -0.299 e. The average molecular weight is 437 g/mol. The number of amides is 1. The predicted molar refractivity (Wildman–Crippen MR) is 123 cm³/mol. The van der Waals surface area contributed by atoms with E-state index in [9.17, 15) is 4.79 Å². The van der Waals surface area contributed by atoms with Crippen molar-refractivity contribution >= 4 is 22.4 Å². The van der Waals surface area contributed by atoms with Gasteiger partial charge in [-0.3, -0.25) is 25.0 Å². The number of aromatic nitrogens is 4. The number of hydrogen-bond donors (Lipinski definition) is 1. The summed E-state index contributed by atoms with van der Waals surface area (Å²) in [4.78, 5) is 23.8. The quantitative estimate of drug-likeness (QED) is 0.648. The molecule has 8 heteroatoms. The third-order valence-corrected chi connectivity index (χ3v) is 6.62. The number of piperidine rings is 1. The topological polar surface area (TPSA) is 83.9 Å². The molecule has 1 amide bonds. The molecule has 1 saturated heterocycles. The van der Waals surface area contributed by atoms with Crippen LogP contribution in [0.4, 0.5) is 5.13 Å². The Hall–Kier alpha value is -2.71. The Balaban J connectivity index is 1.34. The molecule has 1 N–H and O–H groups in total. The van der Waals surface area contributed by atoms with Gasteiger partial charge in [0.2, 0.25) is 11.0 Å². The van der Waals surface area contributed by atoms with Gasteiger partial charge in [-0.2, -0.15) is 0 Å². The molecule has 3 aromatic rings. The highest BCUT2D eigenvalue weighted by Crippen LogP contribution is 2.29. The molecule has 3 aromatic heterocycles. The van der Waals surface area contributed by atoms with Gasteiger partial charge in [0.05, 0.1) is 12.2 Å². The van der Waals surface area contributed by atoms with Crippen molar-refractivity contribution in [3.8, 4) is 11.3 Å². The van der Waals surface area contributed by atoms with E-state index in [1.54, 1.807) is 6.20 Å². The van der Waals surface area contributed by atoms with E-state index in [2.05, 4.69) is 58.3 Å². The van der Waals surface area contributed by atoms with Gasteiger partial charge in [-0.1, -0.05) is 38.2 Å². The summed E-state index contributed by atoms with van der Waals surface area (Å²) in [5.74, 6) is 0.282. The minimum atomic E-state index is -0.0696. The molecule has 0 bridgehead atoms. The van der Waals surface area contributed by atoms with Gasteiger partial charge in [0.15, 0.2) is 0 Å². The zero-order valence-corrected chi connectivity index (χ0v) is 19.0. The zero-order chi connectivity index (χ0) is 21.8. The van der Waals surface area contributed by atoms with Crippen LogP contribution in [0.25, 0.3) is 11.3 Å². The van der Waals surface area contributed by atoms with Crippen LogP contribution in [-0.2, 0) is 10.2 Å². The lowest BCUT2D eigenvalue weighted by Crippen LogP contribution is -2.40. The largest absolute Gasteiger partial charge is 0.299 e. The number of hydrogen-bond acceptors (Lipinski definition) is 7. The van der Waals surface area contributed by atoms with Crippen LogP contribution in [0, 0.1) is 0 Å². The van der Waals surface area contributed by atoms with E-state index in [0.29, 0.717) is 17.6 Å². The summed E-state index contributed by atoms with van der Waals surface area (Å²) in [5, 5.41) is 12.7. The standard InChI is InChI=1S/C23H28N6OS/c1-23(2,3)21-27-28-22(31-21)26-20(30)15-29-12-6-7-17(14-29)19-10-9-16(13-25-19)18-8-4-5-11-24-18/h4-5,8-11,13,17H,6-7,12,14-15H2,1-3H3,(H,26,28,30)/t17-/m1/s1. The molecule has 0 aromatic carbocycles. The smallest absolute Gasteiger partial charge is 0.240 e.